The molecule has 0 aliphatic rings. The van der Waals surface area contributed by atoms with Gasteiger partial charge in [-0.1, -0.05) is 77.6 Å². The molecule has 0 aliphatic carbocycles. The molecule has 0 aliphatic heterocycles. The van der Waals surface area contributed by atoms with Crippen molar-refractivity contribution in [1.29, 1.82) is 0 Å². The fraction of sp³-hybridized carbons (Fsp3) is 0.952. The fourth-order valence-corrected chi connectivity index (χ4v) is 2.98. The standard InChI is InChI=1S/C21H42O5/c1-2-3-4-11-14-19(23)15-12-9-7-5-6-8-10-13-16-21(25)26-18-20(24)17-22/h19-20,22-24H,2-18H2,1H3/t19-,20-/m0/s1. The molecule has 0 saturated heterocycles. The van der Waals surface area contributed by atoms with Crippen molar-refractivity contribution in [1.82, 2.24) is 0 Å². The van der Waals surface area contributed by atoms with Gasteiger partial charge in [-0.2, -0.15) is 0 Å². The first-order valence-corrected chi connectivity index (χ1v) is 10.7. The van der Waals surface area contributed by atoms with Gasteiger partial charge < -0.3 is 20.1 Å². The van der Waals surface area contributed by atoms with Gasteiger partial charge in [0.05, 0.1) is 12.7 Å². The molecule has 5 heteroatoms. The second-order valence-corrected chi connectivity index (χ2v) is 7.39. The summed E-state index contributed by atoms with van der Waals surface area (Å²) >= 11 is 0. The van der Waals surface area contributed by atoms with Crippen LogP contribution in [0, 0.1) is 0 Å². The van der Waals surface area contributed by atoms with Crippen molar-refractivity contribution in [3.05, 3.63) is 0 Å². The molecule has 2 atom stereocenters. The van der Waals surface area contributed by atoms with Crippen LogP contribution in [0.5, 0.6) is 0 Å². The summed E-state index contributed by atoms with van der Waals surface area (Å²) < 4.78 is 4.85. The van der Waals surface area contributed by atoms with Gasteiger partial charge in [0.25, 0.3) is 0 Å². The number of hydrogen-bond acceptors (Lipinski definition) is 5. The Balaban J connectivity index is 3.25. The lowest BCUT2D eigenvalue weighted by molar-refractivity contribution is -0.147. The van der Waals surface area contributed by atoms with E-state index in [2.05, 4.69) is 6.92 Å². The van der Waals surface area contributed by atoms with Crippen molar-refractivity contribution in [2.24, 2.45) is 0 Å². The van der Waals surface area contributed by atoms with Crippen LogP contribution in [0.4, 0.5) is 0 Å². The molecule has 0 heterocycles. The summed E-state index contributed by atoms with van der Waals surface area (Å²) in [5.74, 6) is -0.300. The number of hydrogen-bond donors (Lipinski definition) is 3. The van der Waals surface area contributed by atoms with Gasteiger partial charge in [-0.05, 0) is 19.3 Å². The van der Waals surface area contributed by atoms with Gasteiger partial charge in [0.1, 0.15) is 12.7 Å². The third kappa shape index (κ3) is 18.2. The maximum absolute atomic E-state index is 11.4. The van der Waals surface area contributed by atoms with E-state index in [9.17, 15) is 9.90 Å². The Hall–Kier alpha value is -0.650. The molecule has 26 heavy (non-hydrogen) atoms. The summed E-state index contributed by atoms with van der Waals surface area (Å²) in [5.41, 5.74) is 0. The van der Waals surface area contributed by atoms with Gasteiger partial charge >= 0.3 is 5.97 Å². The first-order chi connectivity index (χ1) is 12.6. The first-order valence-electron chi connectivity index (χ1n) is 10.7. The van der Waals surface area contributed by atoms with Gasteiger partial charge in [0, 0.05) is 6.42 Å². The van der Waals surface area contributed by atoms with E-state index < -0.39 is 6.10 Å². The second kappa shape index (κ2) is 19.1. The second-order valence-electron chi connectivity index (χ2n) is 7.39. The molecule has 0 radical (unpaired) electrons. The van der Waals surface area contributed by atoms with Crippen LogP contribution in [-0.4, -0.2) is 46.7 Å². The predicted molar refractivity (Wildman–Crippen MR) is 105 cm³/mol. The number of aliphatic hydroxyl groups excluding tert-OH is 3. The number of aliphatic hydroxyl groups is 3. The average molecular weight is 375 g/mol. The molecule has 0 rings (SSSR count). The highest BCUT2D eigenvalue weighted by atomic mass is 16.5. The van der Waals surface area contributed by atoms with Crippen LogP contribution >= 0.6 is 0 Å². The zero-order valence-corrected chi connectivity index (χ0v) is 16.8. The Morgan fingerprint density at radius 1 is 0.769 bits per heavy atom. The molecule has 0 fully saturated rings. The average Bonchev–Trinajstić information content (AvgIpc) is 2.64. The van der Waals surface area contributed by atoms with Gasteiger partial charge in [-0.25, -0.2) is 0 Å². The molecule has 0 aromatic carbocycles. The van der Waals surface area contributed by atoms with E-state index in [1.54, 1.807) is 0 Å². The maximum atomic E-state index is 11.4. The number of carbonyl (C=O) groups is 1. The lowest BCUT2D eigenvalue weighted by Crippen LogP contribution is -2.21. The zero-order chi connectivity index (χ0) is 19.5. The third-order valence-corrected chi connectivity index (χ3v) is 4.71. The summed E-state index contributed by atoms with van der Waals surface area (Å²) in [4.78, 5) is 11.4. The monoisotopic (exact) mass is 374 g/mol. The van der Waals surface area contributed by atoms with Crippen molar-refractivity contribution in [2.75, 3.05) is 13.2 Å². The number of carbonyl (C=O) groups excluding carboxylic acids is 1. The SMILES string of the molecule is CCCCCC[C@H](O)CCCCCCCCCCC(=O)OC[C@@H](O)CO. The Labute approximate surface area is 160 Å². The summed E-state index contributed by atoms with van der Waals surface area (Å²) in [5, 5.41) is 27.6. The number of esters is 1. The Morgan fingerprint density at radius 2 is 1.27 bits per heavy atom. The summed E-state index contributed by atoms with van der Waals surface area (Å²) in [7, 11) is 0. The Morgan fingerprint density at radius 3 is 1.81 bits per heavy atom. The van der Waals surface area contributed by atoms with E-state index in [1.807, 2.05) is 0 Å². The topological polar surface area (TPSA) is 87.0 Å². The van der Waals surface area contributed by atoms with Gasteiger partial charge in [0.2, 0.25) is 0 Å². The van der Waals surface area contributed by atoms with Crippen LogP contribution in [0.25, 0.3) is 0 Å². The molecule has 0 unspecified atom stereocenters. The summed E-state index contributed by atoms with van der Waals surface area (Å²) in [6.07, 6.45) is 15.1. The minimum Gasteiger partial charge on any atom is -0.463 e. The minimum atomic E-state index is -0.971. The highest BCUT2D eigenvalue weighted by molar-refractivity contribution is 5.69. The van der Waals surface area contributed by atoms with Crippen LogP contribution < -0.4 is 0 Å². The molecule has 156 valence electrons. The molecule has 0 bridgehead atoms. The lowest BCUT2D eigenvalue weighted by Gasteiger charge is -2.10. The third-order valence-electron chi connectivity index (χ3n) is 4.71. The zero-order valence-electron chi connectivity index (χ0n) is 16.8. The molecule has 0 spiro atoms. The van der Waals surface area contributed by atoms with Crippen LogP contribution in [0.15, 0.2) is 0 Å². The van der Waals surface area contributed by atoms with E-state index in [-0.39, 0.29) is 25.3 Å². The van der Waals surface area contributed by atoms with Crippen molar-refractivity contribution in [3.8, 4) is 0 Å². The smallest absolute Gasteiger partial charge is 0.305 e. The first kappa shape index (κ1) is 25.4. The summed E-state index contributed by atoms with van der Waals surface area (Å²) in [6, 6.07) is 0. The molecule has 5 nitrogen and oxygen atoms in total. The van der Waals surface area contributed by atoms with E-state index in [0.717, 1.165) is 44.9 Å². The molecular formula is C21H42O5. The highest BCUT2D eigenvalue weighted by Crippen LogP contribution is 2.14. The van der Waals surface area contributed by atoms with Crippen LogP contribution in [0.2, 0.25) is 0 Å². The Kier molecular flexibility index (Phi) is 18.6. The van der Waals surface area contributed by atoms with Crippen molar-refractivity contribution in [3.63, 3.8) is 0 Å². The maximum Gasteiger partial charge on any atom is 0.305 e. The predicted octanol–water partition coefficient (Wildman–Crippen LogP) is 4.12. The minimum absolute atomic E-state index is 0.106. The highest BCUT2D eigenvalue weighted by Gasteiger charge is 2.07. The van der Waals surface area contributed by atoms with Crippen molar-refractivity contribution in [2.45, 2.75) is 115 Å². The van der Waals surface area contributed by atoms with E-state index in [1.165, 1.54) is 44.9 Å². The Bertz CT molecular complexity index is 309. The van der Waals surface area contributed by atoms with Crippen molar-refractivity contribution >= 4 is 5.97 Å². The van der Waals surface area contributed by atoms with Crippen LogP contribution in [-0.2, 0) is 9.53 Å². The number of rotatable bonds is 19. The lowest BCUT2D eigenvalue weighted by atomic mass is 10.0. The largest absolute Gasteiger partial charge is 0.463 e. The molecule has 0 aromatic rings. The summed E-state index contributed by atoms with van der Waals surface area (Å²) in [6.45, 7) is 1.70. The molecule has 0 aromatic heterocycles. The molecular weight excluding hydrogens is 332 g/mol. The molecule has 0 saturated carbocycles. The van der Waals surface area contributed by atoms with Gasteiger partial charge in [-0.15, -0.1) is 0 Å². The fourth-order valence-electron chi connectivity index (χ4n) is 2.98. The van der Waals surface area contributed by atoms with Gasteiger partial charge in [-0.3, -0.25) is 4.79 Å². The van der Waals surface area contributed by atoms with E-state index in [4.69, 9.17) is 14.9 Å². The quantitative estimate of drug-likeness (QED) is 0.234. The van der Waals surface area contributed by atoms with Gasteiger partial charge in [0.15, 0.2) is 0 Å². The number of unbranched alkanes of at least 4 members (excludes halogenated alkanes) is 10. The molecule has 3 N–H and O–H groups in total. The van der Waals surface area contributed by atoms with Crippen molar-refractivity contribution < 1.29 is 24.9 Å². The normalized spacial score (nSPS) is 13.5. The number of ether oxygens (including phenoxy) is 1. The van der Waals surface area contributed by atoms with E-state index >= 15 is 0 Å². The van der Waals surface area contributed by atoms with Crippen LogP contribution in [0.3, 0.4) is 0 Å². The molecule has 0 amide bonds. The van der Waals surface area contributed by atoms with Crippen LogP contribution in [0.1, 0.15) is 103 Å². The van der Waals surface area contributed by atoms with E-state index in [0.29, 0.717) is 6.42 Å².